The van der Waals surface area contributed by atoms with Gasteiger partial charge in [0.15, 0.2) is 0 Å². The van der Waals surface area contributed by atoms with E-state index in [-0.39, 0.29) is 19.0 Å². The minimum atomic E-state index is -3.45. The topological polar surface area (TPSA) is 87.2 Å². The van der Waals surface area contributed by atoms with Gasteiger partial charge in [-0.2, -0.15) is 17.0 Å². The van der Waals surface area contributed by atoms with Crippen LogP contribution in [0, 0.1) is 0 Å². The van der Waals surface area contributed by atoms with Gasteiger partial charge in [0, 0.05) is 45.8 Å². The van der Waals surface area contributed by atoms with Crippen molar-refractivity contribution in [1.29, 1.82) is 0 Å². The Kier molecular flexibility index (Phi) is 5.58. The van der Waals surface area contributed by atoms with Gasteiger partial charge >= 0.3 is 5.97 Å². The van der Waals surface area contributed by atoms with E-state index in [2.05, 4.69) is 4.74 Å². The first kappa shape index (κ1) is 18.4. The molecule has 0 unspecified atom stereocenters. The Labute approximate surface area is 141 Å². The number of rotatable bonds is 4. The number of esters is 1. The fourth-order valence-electron chi connectivity index (χ4n) is 2.40. The highest BCUT2D eigenvalue weighted by Crippen LogP contribution is 2.13. The number of carbonyl (C=O) groups excluding carboxylic acids is 2. The standard InChI is InChI=1S/C15H21N3O5S/c1-16(2)24(21,22)18-10-8-17(9-11-18)14(19)12-4-6-13(7-5-12)15(20)23-3/h4-7H,8-11H2,1-3H3. The molecule has 0 N–H and O–H groups in total. The summed E-state index contributed by atoms with van der Waals surface area (Å²) < 4.78 is 31.3. The molecule has 0 radical (unpaired) electrons. The van der Waals surface area contributed by atoms with Crippen molar-refractivity contribution in [3.05, 3.63) is 35.4 Å². The maximum atomic E-state index is 12.5. The minimum absolute atomic E-state index is 0.187. The molecule has 1 aliphatic rings. The molecule has 1 heterocycles. The lowest BCUT2D eigenvalue weighted by Gasteiger charge is -2.35. The van der Waals surface area contributed by atoms with Crippen LogP contribution >= 0.6 is 0 Å². The second-order valence-electron chi connectivity index (χ2n) is 5.55. The molecule has 1 aliphatic heterocycles. The van der Waals surface area contributed by atoms with Gasteiger partial charge in [0.05, 0.1) is 12.7 Å². The van der Waals surface area contributed by atoms with Gasteiger partial charge in [-0.1, -0.05) is 0 Å². The average Bonchev–Trinajstić information content (AvgIpc) is 2.60. The molecule has 1 amide bonds. The molecule has 0 atom stereocenters. The first-order valence-electron chi connectivity index (χ1n) is 7.42. The van der Waals surface area contributed by atoms with E-state index >= 15 is 0 Å². The molecule has 1 aromatic rings. The zero-order valence-electron chi connectivity index (χ0n) is 13.9. The van der Waals surface area contributed by atoms with Crippen LogP contribution in [0.1, 0.15) is 20.7 Å². The number of methoxy groups -OCH3 is 1. The van der Waals surface area contributed by atoms with E-state index in [1.807, 2.05) is 0 Å². The lowest BCUT2D eigenvalue weighted by Crippen LogP contribution is -2.53. The predicted molar refractivity (Wildman–Crippen MR) is 87.9 cm³/mol. The third-order valence-electron chi connectivity index (χ3n) is 3.87. The summed E-state index contributed by atoms with van der Waals surface area (Å²) in [5.41, 5.74) is 0.822. The second kappa shape index (κ2) is 7.29. The third-order valence-corrected chi connectivity index (χ3v) is 5.81. The lowest BCUT2D eigenvalue weighted by atomic mass is 10.1. The highest BCUT2D eigenvalue weighted by molar-refractivity contribution is 7.86. The molecule has 24 heavy (non-hydrogen) atoms. The van der Waals surface area contributed by atoms with Crippen molar-refractivity contribution in [2.24, 2.45) is 0 Å². The molecule has 132 valence electrons. The Morgan fingerprint density at radius 2 is 1.50 bits per heavy atom. The number of carbonyl (C=O) groups is 2. The van der Waals surface area contributed by atoms with Gasteiger partial charge in [-0.05, 0) is 24.3 Å². The lowest BCUT2D eigenvalue weighted by molar-refractivity contribution is 0.0599. The summed E-state index contributed by atoms with van der Waals surface area (Å²) >= 11 is 0. The normalized spacial score (nSPS) is 16.2. The van der Waals surface area contributed by atoms with Gasteiger partial charge in [-0.3, -0.25) is 4.79 Å². The molecule has 0 bridgehead atoms. The number of piperazine rings is 1. The van der Waals surface area contributed by atoms with Crippen LogP contribution in [0.4, 0.5) is 0 Å². The molecular formula is C15H21N3O5S. The molecule has 0 spiro atoms. The molecule has 0 aliphatic carbocycles. The fourth-order valence-corrected chi connectivity index (χ4v) is 3.49. The molecule has 9 heteroatoms. The van der Waals surface area contributed by atoms with E-state index in [1.165, 1.54) is 37.6 Å². The van der Waals surface area contributed by atoms with Crippen LogP contribution in [0.15, 0.2) is 24.3 Å². The smallest absolute Gasteiger partial charge is 0.337 e. The van der Waals surface area contributed by atoms with Crippen LogP contribution in [0.3, 0.4) is 0 Å². The Morgan fingerprint density at radius 3 is 1.96 bits per heavy atom. The highest BCUT2D eigenvalue weighted by atomic mass is 32.2. The number of hydrogen-bond acceptors (Lipinski definition) is 5. The van der Waals surface area contributed by atoms with E-state index in [0.29, 0.717) is 24.2 Å². The van der Waals surface area contributed by atoms with Crippen LogP contribution in [0.2, 0.25) is 0 Å². The van der Waals surface area contributed by atoms with E-state index in [4.69, 9.17) is 0 Å². The van der Waals surface area contributed by atoms with E-state index in [1.54, 1.807) is 17.0 Å². The Hall–Kier alpha value is -1.97. The van der Waals surface area contributed by atoms with Crippen LogP contribution in [0.5, 0.6) is 0 Å². The van der Waals surface area contributed by atoms with Crippen molar-refractivity contribution < 1.29 is 22.7 Å². The number of nitrogens with zero attached hydrogens (tertiary/aromatic N) is 3. The second-order valence-corrected chi connectivity index (χ2v) is 7.69. The maximum absolute atomic E-state index is 12.5. The number of benzene rings is 1. The molecular weight excluding hydrogens is 334 g/mol. The highest BCUT2D eigenvalue weighted by Gasteiger charge is 2.30. The summed E-state index contributed by atoms with van der Waals surface area (Å²) in [6, 6.07) is 6.20. The Morgan fingerprint density at radius 1 is 1.00 bits per heavy atom. The van der Waals surface area contributed by atoms with Gasteiger partial charge < -0.3 is 9.64 Å². The number of amides is 1. The Bertz CT molecular complexity index is 707. The van der Waals surface area contributed by atoms with Gasteiger partial charge in [0.1, 0.15) is 0 Å². The SMILES string of the molecule is COC(=O)c1ccc(C(=O)N2CCN(S(=O)(=O)N(C)C)CC2)cc1. The van der Waals surface area contributed by atoms with Crippen LogP contribution in [0.25, 0.3) is 0 Å². The van der Waals surface area contributed by atoms with E-state index < -0.39 is 16.2 Å². The first-order chi connectivity index (χ1) is 11.3. The largest absolute Gasteiger partial charge is 0.465 e. The van der Waals surface area contributed by atoms with Crippen molar-refractivity contribution in [2.45, 2.75) is 0 Å². The van der Waals surface area contributed by atoms with Crippen molar-refractivity contribution in [3.8, 4) is 0 Å². The van der Waals surface area contributed by atoms with Crippen LogP contribution in [-0.4, -0.2) is 81.2 Å². The van der Waals surface area contributed by atoms with Gasteiger partial charge in [0.2, 0.25) is 0 Å². The zero-order chi connectivity index (χ0) is 17.9. The molecule has 1 fully saturated rings. The summed E-state index contributed by atoms with van der Waals surface area (Å²) in [6.45, 7) is 1.16. The number of hydrogen-bond donors (Lipinski definition) is 0. The maximum Gasteiger partial charge on any atom is 0.337 e. The summed E-state index contributed by atoms with van der Waals surface area (Å²) in [7, 11) is 0.804. The van der Waals surface area contributed by atoms with Crippen molar-refractivity contribution in [3.63, 3.8) is 0 Å². The quantitative estimate of drug-likeness (QED) is 0.712. The summed E-state index contributed by atoms with van der Waals surface area (Å²) in [5.74, 6) is -0.648. The van der Waals surface area contributed by atoms with Gasteiger partial charge in [-0.25, -0.2) is 4.79 Å². The molecule has 0 saturated carbocycles. The average molecular weight is 355 g/mol. The third kappa shape index (κ3) is 3.74. The summed E-state index contributed by atoms with van der Waals surface area (Å²) in [6.07, 6.45) is 0. The fraction of sp³-hybridized carbons (Fsp3) is 0.467. The Balaban J connectivity index is 2.02. The minimum Gasteiger partial charge on any atom is -0.465 e. The first-order valence-corrected chi connectivity index (χ1v) is 8.82. The van der Waals surface area contributed by atoms with E-state index in [9.17, 15) is 18.0 Å². The monoisotopic (exact) mass is 355 g/mol. The summed E-state index contributed by atoms with van der Waals surface area (Å²) in [5, 5.41) is 0. The summed E-state index contributed by atoms with van der Waals surface area (Å²) in [4.78, 5) is 25.5. The van der Waals surface area contributed by atoms with Crippen molar-refractivity contribution >= 4 is 22.1 Å². The van der Waals surface area contributed by atoms with Crippen LogP contribution < -0.4 is 0 Å². The number of ether oxygens (including phenoxy) is 1. The van der Waals surface area contributed by atoms with Crippen molar-refractivity contribution in [2.75, 3.05) is 47.4 Å². The van der Waals surface area contributed by atoms with Gasteiger partial charge in [0.25, 0.3) is 16.1 Å². The molecule has 1 saturated heterocycles. The predicted octanol–water partition coefficient (Wildman–Crippen LogP) is 0.0374. The van der Waals surface area contributed by atoms with Crippen molar-refractivity contribution in [1.82, 2.24) is 13.5 Å². The molecule has 2 rings (SSSR count). The van der Waals surface area contributed by atoms with Crippen LogP contribution in [-0.2, 0) is 14.9 Å². The molecule has 1 aromatic carbocycles. The van der Waals surface area contributed by atoms with Gasteiger partial charge in [-0.15, -0.1) is 0 Å². The van der Waals surface area contributed by atoms with E-state index in [0.717, 1.165) is 4.31 Å². The zero-order valence-corrected chi connectivity index (χ0v) is 14.7. The molecule has 8 nitrogen and oxygen atoms in total. The molecule has 0 aromatic heterocycles.